The summed E-state index contributed by atoms with van der Waals surface area (Å²) in [4.78, 5) is 0. The minimum Gasteiger partial charge on any atom is -0.170 e. The van der Waals surface area contributed by atoms with Crippen molar-refractivity contribution in [1.29, 1.82) is 0 Å². The topological polar surface area (TPSA) is 0 Å². The van der Waals surface area contributed by atoms with E-state index in [-0.39, 0.29) is 0 Å². The Morgan fingerprint density at radius 3 is 1.71 bits per heavy atom. The second kappa shape index (κ2) is 5.95. The van der Waals surface area contributed by atoms with E-state index >= 15 is 0 Å². The highest BCUT2D eigenvalue weighted by Gasteiger charge is 2.73. The average molecular weight is 308 g/mol. The maximum absolute atomic E-state index is 13.5. The third kappa shape index (κ3) is 2.84. The molecule has 21 heavy (non-hydrogen) atoms. The van der Waals surface area contributed by atoms with Crippen LogP contribution in [0.4, 0.5) is 26.3 Å². The molecule has 0 fully saturated rings. The van der Waals surface area contributed by atoms with Gasteiger partial charge < -0.3 is 0 Å². The summed E-state index contributed by atoms with van der Waals surface area (Å²) in [5.41, 5.74) is -4.85. The van der Waals surface area contributed by atoms with Crippen molar-refractivity contribution in [1.82, 2.24) is 0 Å². The quantitative estimate of drug-likeness (QED) is 0.503. The smallest absolute Gasteiger partial charge is 0.170 e. The lowest BCUT2D eigenvalue weighted by atomic mass is 9.67. The van der Waals surface area contributed by atoms with Crippen molar-refractivity contribution in [2.24, 2.45) is 5.92 Å². The summed E-state index contributed by atoms with van der Waals surface area (Å²) in [6, 6.07) is 5.32. The molecule has 1 aromatic rings. The second-order valence-corrected chi connectivity index (χ2v) is 4.54. The van der Waals surface area contributed by atoms with E-state index in [0.717, 1.165) is 30.3 Å². The molecular weight excluding hydrogens is 294 g/mol. The molecule has 0 bridgehead atoms. The van der Waals surface area contributed by atoms with E-state index in [0.29, 0.717) is 6.08 Å². The number of hydrogen-bond donors (Lipinski definition) is 0. The average Bonchev–Trinajstić information content (AvgIpc) is 2.36. The van der Waals surface area contributed by atoms with Crippen LogP contribution in [0, 0.1) is 5.92 Å². The van der Waals surface area contributed by atoms with Crippen LogP contribution in [0.2, 0.25) is 0 Å². The Hall–Kier alpha value is -1.72. The van der Waals surface area contributed by atoms with Gasteiger partial charge in [-0.15, -0.1) is 13.2 Å². The Morgan fingerprint density at radius 2 is 1.38 bits per heavy atom. The van der Waals surface area contributed by atoms with Gasteiger partial charge in [0.25, 0.3) is 0 Å². The maximum Gasteiger partial charge on any atom is 0.407 e. The fourth-order valence-corrected chi connectivity index (χ4v) is 2.45. The molecule has 0 nitrogen and oxygen atoms in total. The Morgan fingerprint density at radius 1 is 0.905 bits per heavy atom. The monoisotopic (exact) mass is 308 g/mol. The maximum atomic E-state index is 13.5. The molecule has 0 aliphatic rings. The van der Waals surface area contributed by atoms with Gasteiger partial charge in [0.1, 0.15) is 0 Å². The van der Waals surface area contributed by atoms with Gasteiger partial charge in [0.05, 0.1) is 0 Å². The zero-order valence-electron chi connectivity index (χ0n) is 11.0. The lowest BCUT2D eigenvalue weighted by Gasteiger charge is -2.42. The van der Waals surface area contributed by atoms with Gasteiger partial charge in [-0.25, -0.2) is 0 Å². The number of alkyl halides is 6. The lowest BCUT2D eigenvalue weighted by molar-refractivity contribution is -0.314. The minimum absolute atomic E-state index is 0.489. The fraction of sp³-hybridized carbons (Fsp3) is 0.333. The summed E-state index contributed by atoms with van der Waals surface area (Å²) in [5.74, 6) is -1.89. The Kier molecular flexibility index (Phi) is 4.91. The van der Waals surface area contributed by atoms with Gasteiger partial charge in [0.15, 0.2) is 5.41 Å². The molecule has 0 aromatic heterocycles. The van der Waals surface area contributed by atoms with E-state index in [4.69, 9.17) is 0 Å². The first-order chi connectivity index (χ1) is 9.62. The highest BCUT2D eigenvalue weighted by molar-refractivity contribution is 5.33. The van der Waals surface area contributed by atoms with E-state index in [1.807, 2.05) is 0 Å². The molecule has 6 heteroatoms. The molecule has 0 heterocycles. The fourth-order valence-electron chi connectivity index (χ4n) is 2.45. The predicted molar refractivity (Wildman–Crippen MR) is 68.7 cm³/mol. The highest BCUT2D eigenvalue weighted by atomic mass is 19.4. The van der Waals surface area contributed by atoms with Crippen LogP contribution in [0.3, 0.4) is 0 Å². The van der Waals surface area contributed by atoms with Crippen molar-refractivity contribution < 1.29 is 26.3 Å². The molecule has 1 unspecified atom stereocenters. The Bertz CT molecular complexity index is 469. The number of allylic oxidation sites excluding steroid dienone is 2. The Balaban J connectivity index is 3.74. The van der Waals surface area contributed by atoms with Crippen LogP contribution in [-0.2, 0) is 5.41 Å². The summed E-state index contributed by atoms with van der Waals surface area (Å²) in [6.07, 6.45) is -9.81. The highest BCUT2D eigenvalue weighted by Crippen LogP contribution is 2.57. The SMILES string of the molecule is C=CCC(C=C)C(c1ccccc1)(C(F)(F)F)C(F)(F)F. The number of benzene rings is 1. The van der Waals surface area contributed by atoms with E-state index in [9.17, 15) is 26.3 Å². The van der Waals surface area contributed by atoms with Gasteiger partial charge in [-0.2, -0.15) is 26.3 Å². The second-order valence-electron chi connectivity index (χ2n) is 4.54. The Labute approximate surface area is 118 Å². The van der Waals surface area contributed by atoms with Crippen molar-refractivity contribution in [2.75, 3.05) is 0 Å². The molecule has 0 amide bonds. The van der Waals surface area contributed by atoms with Gasteiger partial charge in [-0.1, -0.05) is 42.5 Å². The van der Waals surface area contributed by atoms with Crippen LogP contribution in [0.1, 0.15) is 12.0 Å². The van der Waals surface area contributed by atoms with Gasteiger partial charge >= 0.3 is 12.4 Å². The van der Waals surface area contributed by atoms with Crippen molar-refractivity contribution in [3.63, 3.8) is 0 Å². The van der Waals surface area contributed by atoms with Gasteiger partial charge in [-0.3, -0.25) is 0 Å². The van der Waals surface area contributed by atoms with Crippen molar-refractivity contribution in [2.45, 2.75) is 24.2 Å². The molecule has 0 saturated carbocycles. The van der Waals surface area contributed by atoms with Crippen LogP contribution in [-0.4, -0.2) is 12.4 Å². The molecule has 0 spiro atoms. The van der Waals surface area contributed by atoms with Crippen LogP contribution >= 0.6 is 0 Å². The zero-order valence-corrected chi connectivity index (χ0v) is 11.0. The summed E-state index contributed by atoms with van der Waals surface area (Å²) in [5, 5.41) is 0. The molecular formula is C15H14F6. The number of rotatable bonds is 5. The number of hydrogen-bond acceptors (Lipinski definition) is 0. The van der Waals surface area contributed by atoms with Crippen LogP contribution in [0.15, 0.2) is 55.6 Å². The third-order valence-electron chi connectivity index (χ3n) is 3.38. The van der Waals surface area contributed by atoms with E-state index in [1.54, 1.807) is 0 Å². The molecule has 0 saturated heterocycles. The molecule has 1 rings (SSSR count). The normalized spacial score (nSPS) is 14.6. The zero-order chi connectivity index (χ0) is 16.3. The minimum atomic E-state index is -5.52. The van der Waals surface area contributed by atoms with Gasteiger partial charge in [0.2, 0.25) is 0 Å². The first kappa shape index (κ1) is 17.3. The van der Waals surface area contributed by atoms with Gasteiger partial charge in [0, 0.05) is 5.92 Å². The van der Waals surface area contributed by atoms with Crippen LogP contribution in [0.5, 0.6) is 0 Å². The van der Waals surface area contributed by atoms with E-state index in [2.05, 4.69) is 13.2 Å². The third-order valence-corrected chi connectivity index (χ3v) is 3.38. The van der Waals surface area contributed by atoms with Crippen LogP contribution < -0.4 is 0 Å². The molecule has 0 radical (unpaired) electrons. The summed E-state index contributed by atoms with van der Waals surface area (Å²) in [7, 11) is 0. The molecule has 1 atom stereocenters. The number of halogens is 6. The standard InChI is InChI=1S/C15H14F6/c1-3-8-11(4-2)13(14(16,17)18,15(19,20)21)12-9-6-5-7-10-12/h3-7,9-11H,1-2,8H2. The predicted octanol–water partition coefficient (Wildman–Crippen LogP) is 5.43. The largest absolute Gasteiger partial charge is 0.407 e. The molecule has 1 aromatic carbocycles. The molecule has 0 aliphatic heterocycles. The molecule has 0 aliphatic carbocycles. The van der Waals surface area contributed by atoms with Crippen molar-refractivity contribution in [3.05, 3.63) is 61.2 Å². The summed E-state index contributed by atoms with van der Waals surface area (Å²) < 4.78 is 81.1. The first-order valence-corrected chi connectivity index (χ1v) is 6.05. The lowest BCUT2D eigenvalue weighted by Crippen LogP contribution is -2.58. The molecule has 116 valence electrons. The summed E-state index contributed by atoms with van der Waals surface area (Å²) >= 11 is 0. The van der Waals surface area contributed by atoms with E-state index < -0.39 is 35.7 Å². The van der Waals surface area contributed by atoms with Crippen molar-refractivity contribution in [3.8, 4) is 0 Å². The van der Waals surface area contributed by atoms with Crippen molar-refractivity contribution >= 4 is 0 Å². The van der Waals surface area contributed by atoms with Crippen LogP contribution in [0.25, 0.3) is 0 Å². The van der Waals surface area contributed by atoms with E-state index in [1.165, 1.54) is 6.07 Å². The summed E-state index contributed by atoms with van der Waals surface area (Å²) in [6.45, 7) is 6.39. The first-order valence-electron chi connectivity index (χ1n) is 6.05. The van der Waals surface area contributed by atoms with Gasteiger partial charge in [-0.05, 0) is 12.0 Å². The molecule has 0 N–H and O–H groups in total.